The van der Waals surface area contributed by atoms with Crippen molar-refractivity contribution in [2.45, 2.75) is 19.4 Å². The first-order chi connectivity index (χ1) is 8.69. The molecule has 4 heteroatoms. The lowest BCUT2D eigenvalue weighted by atomic mass is 10.0. The highest BCUT2D eigenvalue weighted by atomic mass is 16.5. The van der Waals surface area contributed by atoms with Crippen molar-refractivity contribution in [1.82, 2.24) is 5.32 Å². The van der Waals surface area contributed by atoms with E-state index in [0.29, 0.717) is 5.75 Å². The summed E-state index contributed by atoms with van der Waals surface area (Å²) in [4.78, 5) is 11.4. The Kier molecular flexibility index (Phi) is 5.75. The maximum absolute atomic E-state index is 11.4. The third-order valence-corrected chi connectivity index (χ3v) is 2.50. The van der Waals surface area contributed by atoms with Gasteiger partial charge in [0.1, 0.15) is 5.75 Å². The summed E-state index contributed by atoms with van der Waals surface area (Å²) in [6.45, 7) is 2.15. The van der Waals surface area contributed by atoms with E-state index in [9.17, 15) is 4.79 Å². The summed E-state index contributed by atoms with van der Waals surface area (Å²) in [7, 11) is 0. The van der Waals surface area contributed by atoms with E-state index in [-0.39, 0.29) is 25.1 Å². The van der Waals surface area contributed by atoms with E-state index < -0.39 is 0 Å². The van der Waals surface area contributed by atoms with E-state index >= 15 is 0 Å². The Morgan fingerprint density at radius 2 is 2.28 bits per heavy atom. The fourth-order valence-corrected chi connectivity index (χ4v) is 1.48. The molecule has 1 amide bonds. The Morgan fingerprint density at radius 3 is 2.94 bits per heavy atom. The number of rotatable bonds is 6. The van der Waals surface area contributed by atoms with Gasteiger partial charge >= 0.3 is 0 Å². The maximum Gasteiger partial charge on any atom is 0.258 e. The minimum atomic E-state index is -0.243. The van der Waals surface area contributed by atoms with Crippen molar-refractivity contribution in [2.24, 2.45) is 5.73 Å². The highest BCUT2D eigenvalue weighted by Gasteiger charge is 2.10. The van der Waals surface area contributed by atoms with Crippen molar-refractivity contribution >= 4 is 5.91 Å². The first kappa shape index (κ1) is 14.1. The SMILES string of the molecule is C#CCNC(=O)COc1ccccc1[C@H](N)CC. The smallest absolute Gasteiger partial charge is 0.258 e. The molecule has 1 atom stereocenters. The Morgan fingerprint density at radius 1 is 1.56 bits per heavy atom. The van der Waals surface area contributed by atoms with Crippen LogP contribution in [0.5, 0.6) is 5.75 Å². The average Bonchev–Trinajstić information content (AvgIpc) is 2.42. The third-order valence-electron chi connectivity index (χ3n) is 2.50. The van der Waals surface area contributed by atoms with Gasteiger partial charge in [0.15, 0.2) is 6.61 Å². The van der Waals surface area contributed by atoms with Gasteiger partial charge in [-0.1, -0.05) is 31.0 Å². The largest absolute Gasteiger partial charge is 0.483 e. The summed E-state index contributed by atoms with van der Waals surface area (Å²) in [5, 5.41) is 2.53. The molecule has 0 aliphatic carbocycles. The van der Waals surface area contributed by atoms with Crippen LogP contribution in [0.15, 0.2) is 24.3 Å². The number of nitrogens with two attached hydrogens (primary N) is 1. The van der Waals surface area contributed by atoms with Crippen LogP contribution in [-0.2, 0) is 4.79 Å². The first-order valence-corrected chi connectivity index (χ1v) is 5.86. The Hall–Kier alpha value is -1.99. The van der Waals surface area contributed by atoms with E-state index in [4.69, 9.17) is 16.9 Å². The van der Waals surface area contributed by atoms with E-state index in [1.54, 1.807) is 6.07 Å². The van der Waals surface area contributed by atoms with E-state index in [0.717, 1.165) is 12.0 Å². The van der Waals surface area contributed by atoms with Gasteiger partial charge in [-0.3, -0.25) is 4.79 Å². The molecule has 0 bridgehead atoms. The van der Waals surface area contributed by atoms with Crippen LogP contribution < -0.4 is 15.8 Å². The molecule has 1 rings (SSSR count). The lowest BCUT2D eigenvalue weighted by Crippen LogP contribution is -2.29. The van der Waals surface area contributed by atoms with Gasteiger partial charge in [-0.25, -0.2) is 0 Å². The van der Waals surface area contributed by atoms with Crippen molar-refractivity contribution < 1.29 is 9.53 Å². The monoisotopic (exact) mass is 246 g/mol. The van der Waals surface area contributed by atoms with Crippen LogP contribution in [0, 0.1) is 12.3 Å². The number of hydrogen-bond acceptors (Lipinski definition) is 3. The molecule has 0 aromatic heterocycles. The molecule has 4 nitrogen and oxygen atoms in total. The van der Waals surface area contributed by atoms with E-state index in [1.165, 1.54) is 0 Å². The molecular weight excluding hydrogens is 228 g/mol. The minimum absolute atomic E-state index is 0.0604. The maximum atomic E-state index is 11.4. The quantitative estimate of drug-likeness (QED) is 0.742. The molecule has 0 aliphatic heterocycles. The molecule has 0 fully saturated rings. The number of carbonyl (C=O) groups excluding carboxylic acids is 1. The van der Waals surface area contributed by atoms with Crippen LogP contribution in [0.3, 0.4) is 0 Å². The van der Waals surface area contributed by atoms with Gasteiger partial charge < -0.3 is 15.8 Å². The molecule has 0 radical (unpaired) electrons. The predicted octanol–water partition coefficient (Wildman–Crippen LogP) is 1.22. The number of para-hydroxylation sites is 1. The molecule has 0 saturated carbocycles. The summed E-state index contributed by atoms with van der Waals surface area (Å²) in [5.41, 5.74) is 6.88. The molecule has 0 heterocycles. The van der Waals surface area contributed by atoms with Gasteiger partial charge in [-0.2, -0.15) is 0 Å². The number of terminal acetylenes is 1. The van der Waals surface area contributed by atoms with Crippen LogP contribution in [0.1, 0.15) is 24.9 Å². The van der Waals surface area contributed by atoms with Crippen LogP contribution in [0.25, 0.3) is 0 Å². The highest BCUT2D eigenvalue weighted by Crippen LogP contribution is 2.25. The third kappa shape index (κ3) is 4.11. The molecule has 1 aromatic carbocycles. The molecule has 0 aliphatic rings. The van der Waals surface area contributed by atoms with Gasteiger partial charge in [0.25, 0.3) is 5.91 Å². The molecule has 3 N–H and O–H groups in total. The molecule has 96 valence electrons. The summed E-state index contributed by atoms with van der Waals surface area (Å²) in [6, 6.07) is 7.37. The van der Waals surface area contributed by atoms with Crippen LogP contribution in [0.4, 0.5) is 0 Å². The number of carbonyl (C=O) groups is 1. The summed E-state index contributed by atoms with van der Waals surface area (Å²) in [5.74, 6) is 2.73. The number of hydrogen-bond donors (Lipinski definition) is 2. The molecule has 18 heavy (non-hydrogen) atoms. The summed E-state index contributed by atoms with van der Waals surface area (Å²) < 4.78 is 5.46. The van der Waals surface area contributed by atoms with Crippen molar-refractivity contribution in [3.05, 3.63) is 29.8 Å². The van der Waals surface area contributed by atoms with Crippen molar-refractivity contribution in [3.8, 4) is 18.1 Å². The number of ether oxygens (including phenoxy) is 1. The van der Waals surface area contributed by atoms with E-state index in [2.05, 4.69) is 11.2 Å². The number of nitrogens with one attached hydrogen (secondary N) is 1. The fraction of sp³-hybridized carbons (Fsp3) is 0.357. The molecular formula is C14H18N2O2. The van der Waals surface area contributed by atoms with Crippen molar-refractivity contribution in [2.75, 3.05) is 13.2 Å². The Labute approximate surface area is 108 Å². The van der Waals surface area contributed by atoms with Gasteiger partial charge in [0, 0.05) is 11.6 Å². The average molecular weight is 246 g/mol. The zero-order valence-corrected chi connectivity index (χ0v) is 10.5. The van der Waals surface area contributed by atoms with Crippen LogP contribution in [-0.4, -0.2) is 19.1 Å². The van der Waals surface area contributed by atoms with E-state index in [1.807, 2.05) is 25.1 Å². The molecule has 0 spiro atoms. The second-order valence-corrected chi connectivity index (χ2v) is 3.82. The van der Waals surface area contributed by atoms with Crippen LogP contribution in [0.2, 0.25) is 0 Å². The van der Waals surface area contributed by atoms with Gasteiger partial charge in [-0.15, -0.1) is 6.42 Å². The summed E-state index contributed by atoms with van der Waals surface area (Å²) in [6.07, 6.45) is 5.85. The Bertz CT molecular complexity index is 438. The second kappa shape index (κ2) is 7.36. The molecule has 0 saturated heterocycles. The van der Waals surface area contributed by atoms with Gasteiger partial charge in [-0.05, 0) is 12.5 Å². The standard InChI is InChI=1S/C14H18N2O2/c1-3-9-16-14(17)10-18-13-8-6-5-7-11(13)12(15)4-2/h1,5-8,12H,4,9-10,15H2,2H3,(H,16,17)/t12-/m1/s1. The first-order valence-electron chi connectivity index (χ1n) is 5.86. The molecule has 1 aromatic rings. The van der Waals surface area contributed by atoms with Crippen molar-refractivity contribution in [3.63, 3.8) is 0 Å². The zero-order valence-electron chi connectivity index (χ0n) is 10.5. The predicted molar refractivity (Wildman–Crippen MR) is 71.0 cm³/mol. The Balaban J connectivity index is 2.62. The van der Waals surface area contributed by atoms with Crippen LogP contribution >= 0.6 is 0 Å². The lowest BCUT2D eigenvalue weighted by Gasteiger charge is -2.15. The number of amides is 1. The minimum Gasteiger partial charge on any atom is -0.483 e. The normalized spacial score (nSPS) is 11.4. The molecule has 0 unspecified atom stereocenters. The summed E-state index contributed by atoms with van der Waals surface area (Å²) >= 11 is 0. The topological polar surface area (TPSA) is 64.3 Å². The van der Waals surface area contributed by atoms with Gasteiger partial charge in [0.05, 0.1) is 6.54 Å². The second-order valence-electron chi connectivity index (χ2n) is 3.82. The zero-order chi connectivity index (χ0) is 13.4. The lowest BCUT2D eigenvalue weighted by molar-refractivity contribution is -0.122. The highest BCUT2D eigenvalue weighted by molar-refractivity contribution is 5.77. The number of benzene rings is 1. The van der Waals surface area contributed by atoms with Crippen molar-refractivity contribution in [1.29, 1.82) is 0 Å². The van der Waals surface area contributed by atoms with Gasteiger partial charge in [0.2, 0.25) is 0 Å². The fourth-order valence-electron chi connectivity index (χ4n) is 1.48.